The fourth-order valence-electron chi connectivity index (χ4n) is 3.50. The molecular weight excluding hydrogens is 495 g/mol. The van der Waals surface area contributed by atoms with Gasteiger partial charge in [-0.2, -0.15) is 0 Å². The standard InChI is InChI=1S/C22H28N4O3.HI/c1-2-23-22(24-14-17-7-8-20-21(13-17)29-16-28-20)25-15-18-5-3-4-6-19(18)26-9-11-27-12-10-26;/h3-8,13H,2,9-12,14-16H2,1H3,(H2,23,24,25);1H. The summed E-state index contributed by atoms with van der Waals surface area (Å²) in [6, 6.07) is 14.5. The van der Waals surface area contributed by atoms with Gasteiger partial charge < -0.3 is 29.7 Å². The van der Waals surface area contributed by atoms with Crippen LogP contribution in [0, 0.1) is 0 Å². The van der Waals surface area contributed by atoms with E-state index in [-0.39, 0.29) is 30.8 Å². The van der Waals surface area contributed by atoms with E-state index in [0.29, 0.717) is 13.1 Å². The fraction of sp³-hybridized carbons (Fsp3) is 0.409. The zero-order valence-electron chi connectivity index (χ0n) is 17.2. The van der Waals surface area contributed by atoms with Gasteiger partial charge in [0.25, 0.3) is 0 Å². The zero-order chi connectivity index (χ0) is 19.9. The van der Waals surface area contributed by atoms with Crippen molar-refractivity contribution in [2.45, 2.75) is 20.0 Å². The highest BCUT2D eigenvalue weighted by atomic mass is 127. The van der Waals surface area contributed by atoms with Crippen LogP contribution in [-0.2, 0) is 17.8 Å². The minimum atomic E-state index is 0. The summed E-state index contributed by atoms with van der Waals surface area (Å²) in [4.78, 5) is 7.12. The Balaban J connectivity index is 0.00000256. The van der Waals surface area contributed by atoms with Gasteiger partial charge in [0.05, 0.1) is 19.8 Å². The van der Waals surface area contributed by atoms with Crippen LogP contribution in [0.2, 0.25) is 0 Å². The van der Waals surface area contributed by atoms with Gasteiger partial charge in [-0.05, 0) is 36.2 Å². The van der Waals surface area contributed by atoms with E-state index < -0.39 is 0 Å². The molecule has 8 heteroatoms. The number of aliphatic imine (C=N–C) groups is 1. The summed E-state index contributed by atoms with van der Waals surface area (Å²) >= 11 is 0. The van der Waals surface area contributed by atoms with Crippen LogP contribution < -0.4 is 25.0 Å². The molecule has 2 aromatic rings. The molecule has 2 aromatic carbocycles. The second-order valence-corrected chi connectivity index (χ2v) is 6.96. The van der Waals surface area contributed by atoms with Gasteiger partial charge in [-0.1, -0.05) is 24.3 Å². The van der Waals surface area contributed by atoms with Gasteiger partial charge in [-0.15, -0.1) is 24.0 Å². The Bertz CT molecular complexity index is 856. The lowest BCUT2D eigenvalue weighted by Gasteiger charge is -2.30. The molecule has 0 aromatic heterocycles. The van der Waals surface area contributed by atoms with Gasteiger partial charge in [0.1, 0.15) is 0 Å². The number of rotatable bonds is 6. The first kappa shape index (κ1) is 22.5. The second-order valence-electron chi connectivity index (χ2n) is 6.96. The zero-order valence-corrected chi connectivity index (χ0v) is 19.6. The number of halogens is 1. The molecule has 0 bridgehead atoms. The molecule has 7 nitrogen and oxygen atoms in total. The number of morpholine rings is 1. The number of anilines is 1. The molecule has 2 aliphatic rings. The van der Waals surface area contributed by atoms with Crippen LogP contribution in [-0.4, -0.2) is 45.6 Å². The molecule has 162 valence electrons. The lowest BCUT2D eigenvalue weighted by Crippen LogP contribution is -2.39. The molecule has 2 N–H and O–H groups in total. The lowest BCUT2D eigenvalue weighted by molar-refractivity contribution is 0.122. The molecule has 1 fully saturated rings. The van der Waals surface area contributed by atoms with Crippen molar-refractivity contribution in [2.75, 3.05) is 44.5 Å². The number of benzene rings is 2. The molecule has 0 amide bonds. The van der Waals surface area contributed by atoms with Gasteiger partial charge in [0, 0.05) is 31.9 Å². The molecule has 1 saturated heterocycles. The largest absolute Gasteiger partial charge is 0.454 e. The van der Waals surface area contributed by atoms with Crippen molar-refractivity contribution in [1.29, 1.82) is 0 Å². The lowest BCUT2D eigenvalue weighted by atomic mass is 10.1. The maximum atomic E-state index is 5.49. The Morgan fingerprint density at radius 2 is 1.83 bits per heavy atom. The normalized spacial score (nSPS) is 15.5. The van der Waals surface area contributed by atoms with Crippen molar-refractivity contribution in [3.05, 3.63) is 53.6 Å². The predicted octanol–water partition coefficient (Wildman–Crippen LogP) is 3.13. The molecule has 0 radical (unpaired) electrons. The number of para-hydroxylation sites is 1. The van der Waals surface area contributed by atoms with E-state index in [1.54, 1.807) is 0 Å². The summed E-state index contributed by atoms with van der Waals surface area (Å²) in [5.41, 5.74) is 3.60. The molecule has 0 spiro atoms. The van der Waals surface area contributed by atoms with E-state index in [9.17, 15) is 0 Å². The number of nitrogens with one attached hydrogen (secondary N) is 2. The monoisotopic (exact) mass is 524 g/mol. The molecule has 2 heterocycles. The highest BCUT2D eigenvalue weighted by molar-refractivity contribution is 14.0. The van der Waals surface area contributed by atoms with E-state index in [1.807, 2.05) is 18.2 Å². The Morgan fingerprint density at radius 1 is 1.03 bits per heavy atom. The maximum absolute atomic E-state index is 5.49. The quantitative estimate of drug-likeness (QED) is 0.344. The molecule has 4 rings (SSSR count). The number of nitrogens with zero attached hydrogens (tertiary/aromatic N) is 2. The summed E-state index contributed by atoms with van der Waals surface area (Å²) in [5, 5.41) is 6.79. The number of hydrogen-bond donors (Lipinski definition) is 2. The SMILES string of the molecule is CCNC(=NCc1ccc2c(c1)OCO2)NCc1ccccc1N1CCOCC1.I. The third-order valence-electron chi connectivity index (χ3n) is 4.99. The molecule has 0 saturated carbocycles. The predicted molar refractivity (Wildman–Crippen MR) is 129 cm³/mol. The highest BCUT2D eigenvalue weighted by Crippen LogP contribution is 2.32. The van der Waals surface area contributed by atoms with Crippen LogP contribution >= 0.6 is 24.0 Å². The summed E-state index contributed by atoms with van der Waals surface area (Å²) in [6.45, 7) is 7.84. The number of ether oxygens (including phenoxy) is 3. The summed E-state index contributed by atoms with van der Waals surface area (Å²) < 4.78 is 16.3. The Hall–Kier alpha value is -2.20. The molecule has 0 unspecified atom stereocenters. The van der Waals surface area contributed by atoms with Crippen molar-refractivity contribution in [3.8, 4) is 11.5 Å². The third-order valence-corrected chi connectivity index (χ3v) is 4.99. The van der Waals surface area contributed by atoms with E-state index in [1.165, 1.54) is 11.3 Å². The fourth-order valence-corrected chi connectivity index (χ4v) is 3.50. The first-order valence-electron chi connectivity index (χ1n) is 10.1. The summed E-state index contributed by atoms with van der Waals surface area (Å²) in [5.74, 6) is 2.37. The van der Waals surface area contributed by atoms with E-state index in [2.05, 4.69) is 46.7 Å². The average Bonchev–Trinajstić information content (AvgIpc) is 3.24. The van der Waals surface area contributed by atoms with E-state index >= 15 is 0 Å². The van der Waals surface area contributed by atoms with Gasteiger partial charge in [0.2, 0.25) is 6.79 Å². The maximum Gasteiger partial charge on any atom is 0.231 e. The smallest absolute Gasteiger partial charge is 0.231 e. The van der Waals surface area contributed by atoms with Crippen molar-refractivity contribution >= 4 is 35.6 Å². The first-order chi connectivity index (χ1) is 14.3. The first-order valence-corrected chi connectivity index (χ1v) is 10.1. The van der Waals surface area contributed by atoms with Gasteiger partial charge in [-0.25, -0.2) is 4.99 Å². The second kappa shape index (κ2) is 11.3. The highest BCUT2D eigenvalue weighted by Gasteiger charge is 2.15. The Kier molecular flexibility index (Phi) is 8.44. The third kappa shape index (κ3) is 5.69. The van der Waals surface area contributed by atoms with E-state index in [0.717, 1.165) is 55.9 Å². The van der Waals surface area contributed by atoms with E-state index in [4.69, 9.17) is 19.2 Å². The number of hydrogen-bond acceptors (Lipinski definition) is 5. The van der Waals surface area contributed by atoms with Crippen LogP contribution in [0.5, 0.6) is 11.5 Å². The van der Waals surface area contributed by atoms with Crippen LogP contribution in [0.25, 0.3) is 0 Å². The van der Waals surface area contributed by atoms with Crippen LogP contribution in [0.15, 0.2) is 47.5 Å². The molecule has 0 atom stereocenters. The van der Waals surface area contributed by atoms with Crippen molar-refractivity contribution < 1.29 is 14.2 Å². The van der Waals surface area contributed by atoms with Crippen LogP contribution in [0.4, 0.5) is 5.69 Å². The molecule has 0 aliphatic carbocycles. The van der Waals surface area contributed by atoms with Crippen LogP contribution in [0.3, 0.4) is 0 Å². The summed E-state index contributed by atoms with van der Waals surface area (Å²) in [6.07, 6.45) is 0. The Labute approximate surface area is 194 Å². The average molecular weight is 524 g/mol. The van der Waals surface area contributed by atoms with Gasteiger partial charge in [-0.3, -0.25) is 0 Å². The van der Waals surface area contributed by atoms with Crippen molar-refractivity contribution in [1.82, 2.24) is 10.6 Å². The Morgan fingerprint density at radius 3 is 2.67 bits per heavy atom. The van der Waals surface area contributed by atoms with Gasteiger partial charge in [0.15, 0.2) is 17.5 Å². The van der Waals surface area contributed by atoms with Crippen molar-refractivity contribution in [2.24, 2.45) is 4.99 Å². The molecule has 30 heavy (non-hydrogen) atoms. The number of fused-ring (bicyclic) bond motifs is 1. The minimum absolute atomic E-state index is 0. The topological polar surface area (TPSA) is 67.4 Å². The van der Waals surface area contributed by atoms with Gasteiger partial charge >= 0.3 is 0 Å². The molecular formula is C22H29IN4O3. The van der Waals surface area contributed by atoms with Crippen molar-refractivity contribution in [3.63, 3.8) is 0 Å². The number of guanidine groups is 1. The minimum Gasteiger partial charge on any atom is -0.454 e. The molecule has 2 aliphatic heterocycles. The van der Waals surface area contributed by atoms with Crippen LogP contribution in [0.1, 0.15) is 18.1 Å². The summed E-state index contributed by atoms with van der Waals surface area (Å²) in [7, 11) is 0.